The third-order valence-electron chi connectivity index (χ3n) is 3.64. The third kappa shape index (κ3) is 2.28. The molecule has 2 aliphatic heterocycles. The first-order valence-corrected chi connectivity index (χ1v) is 7.72. The molecule has 2 aliphatic rings. The average molecular weight is 318 g/mol. The molecule has 0 atom stereocenters. The minimum atomic E-state index is -0.176. The van der Waals surface area contributed by atoms with E-state index in [1.165, 1.54) is 16.2 Å². The lowest BCUT2D eigenvalue weighted by atomic mass is 10.2. The first kappa shape index (κ1) is 13.4. The Bertz CT molecular complexity index is 733. The van der Waals surface area contributed by atoms with E-state index >= 15 is 0 Å². The summed E-state index contributed by atoms with van der Waals surface area (Å²) in [5.74, 6) is 1.01. The summed E-state index contributed by atoms with van der Waals surface area (Å²) in [6.07, 6.45) is 0.861. The van der Waals surface area contributed by atoms with E-state index in [-0.39, 0.29) is 12.7 Å². The largest absolute Gasteiger partial charge is 0.454 e. The van der Waals surface area contributed by atoms with Crippen LogP contribution in [0.5, 0.6) is 11.5 Å². The number of amides is 1. The van der Waals surface area contributed by atoms with Crippen molar-refractivity contribution in [1.82, 2.24) is 0 Å². The van der Waals surface area contributed by atoms with Crippen molar-refractivity contribution in [3.63, 3.8) is 0 Å². The molecule has 0 radical (unpaired) electrons. The number of fused-ring (bicyclic) bond motifs is 2. The minimum Gasteiger partial charge on any atom is -0.454 e. The standard InChI is InChI=1S/C15H14N2O4S/c16-9-4-11-12(21-7-20-11)5-10(9)17-15(18)14-3-8-6-19-2-1-13(8)22-14/h3-5H,1-2,6-7,16H2,(H,17,18). The molecule has 22 heavy (non-hydrogen) atoms. The minimum absolute atomic E-state index is 0.170. The molecule has 0 spiro atoms. The Morgan fingerprint density at radius 3 is 2.86 bits per heavy atom. The summed E-state index contributed by atoms with van der Waals surface area (Å²) in [6, 6.07) is 5.23. The molecule has 4 rings (SSSR count). The lowest BCUT2D eigenvalue weighted by Gasteiger charge is -2.10. The summed E-state index contributed by atoms with van der Waals surface area (Å²) in [5, 5.41) is 2.84. The summed E-state index contributed by atoms with van der Waals surface area (Å²) in [6.45, 7) is 1.46. The van der Waals surface area contributed by atoms with Crippen LogP contribution in [0, 0.1) is 0 Å². The SMILES string of the molecule is Nc1cc2c(cc1NC(=O)c1cc3c(s1)CCOC3)OCO2. The zero-order valence-electron chi connectivity index (χ0n) is 11.7. The van der Waals surface area contributed by atoms with E-state index in [4.69, 9.17) is 19.9 Å². The highest BCUT2D eigenvalue weighted by Gasteiger charge is 2.20. The maximum Gasteiger partial charge on any atom is 0.265 e. The van der Waals surface area contributed by atoms with Gasteiger partial charge in [-0.2, -0.15) is 0 Å². The molecule has 1 amide bonds. The first-order chi connectivity index (χ1) is 10.7. The Kier molecular flexibility index (Phi) is 3.16. The zero-order chi connectivity index (χ0) is 15.1. The molecule has 3 N–H and O–H groups in total. The lowest BCUT2D eigenvalue weighted by molar-refractivity contribution is 0.102. The van der Waals surface area contributed by atoms with Gasteiger partial charge in [-0.1, -0.05) is 0 Å². The van der Waals surface area contributed by atoms with Gasteiger partial charge in [-0.15, -0.1) is 11.3 Å². The summed E-state index contributed by atoms with van der Waals surface area (Å²) >= 11 is 1.51. The third-order valence-corrected chi connectivity index (χ3v) is 4.88. The van der Waals surface area contributed by atoms with Crippen LogP contribution >= 0.6 is 11.3 Å². The average Bonchev–Trinajstić information content (AvgIpc) is 3.13. The Morgan fingerprint density at radius 1 is 1.23 bits per heavy atom. The van der Waals surface area contributed by atoms with Crippen molar-refractivity contribution in [1.29, 1.82) is 0 Å². The second kappa shape index (κ2) is 5.19. The van der Waals surface area contributed by atoms with Gasteiger partial charge >= 0.3 is 0 Å². The highest BCUT2D eigenvalue weighted by molar-refractivity contribution is 7.14. The molecule has 0 unspecified atom stereocenters. The predicted molar refractivity (Wildman–Crippen MR) is 82.6 cm³/mol. The fourth-order valence-corrected chi connectivity index (χ4v) is 3.55. The van der Waals surface area contributed by atoms with Crippen LogP contribution in [0.1, 0.15) is 20.1 Å². The molecule has 0 bridgehead atoms. The number of ether oxygens (including phenoxy) is 3. The van der Waals surface area contributed by atoms with Crippen LogP contribution in [0.2, 0.25) is 0 Å². The van der Waals surface area contributed by atoms with Gasteiger partial charge in [0, 0.05) is 23.4 Å². The van der Waals surface area contributed by atoms with Gasteiger partial charge in [0.05, 0.1) is 29.5 Å². The van der Waals surface area contributed by atoms with Gasteiger partial charge in [0.25, 0.3) is 5.91 Å². The number of thiophene rings is 1. The van der Waals surface area contributed by atoms with E-state index in [0.717, 1.165) is 12.0 Å². The van der Waals surface area contributed by atoms with Crippen LogP contribution < -0.4 is 20.5 Å². The van der Waals surface area contributed by atoms with Crippen LogP contribution in [0.4, 0.5) is 11.4 Å². The number of benzene rings is 1. The molecule has 0 saturated heterocycles. The van der Waals surface area contributed by atoms with Gasteiger partial charge in [-0.05, 0) is 11.6 Å². The number of nitrogens with one attached hydrogen (secondary N) is 1. The van der Waals surface area contributed by atoms with E-state index in [9.17, 15) is 4.79 Å². The highest BCUT2D eigenvalue weighted by atomic mass is 32.1. The van der Waals surface area contributed by atoms with Gasteiger partial charge in [-0.3, -0.25) is 4.79 Å². The number of carbonyl (C=O) groups is 1. The molecule has 1 aromatic carbocycles. The number of hydrogen-bond acceptors (Lipinski definition) is 6. The Labute approximate surface area is 130 Å². The topological polar surface area (TPSA) is 82.8 Å². The number of hydrogen-bond donors (Lipinski definition) is 2. The number of anilines is 2. The van der Waals surface area contributed by atoms with E-state index in [2.05, 4.69) is 5.32 Å². The van der Waals surface area contributed by atoms with Crippen LogP contribution in [-0.4, -0.2) is 19.3 Å². The fraction of sp³-hybridized carbons (Fsp3) is 0.267. The Balaban J connectivity index is 1.58. The molecular formula is C15H14N2O4S. The summed E-state index contributed by atoms with van der Waals surface area (Å²) in [4.78, 5) is 14.3. The smallest absolute Gasteiger partial charge is 0.265 e. The van der Waals surface area contributed by atoms with Crippen LogP contribution in [0.25, 0.3) is 0 Å². The van der Waals surface area contributed by atoms with E-state index in [1.807, 2.05) is 6.07 Å². The van der Waals surface area contributed by atoms with Crippen molar-refractivity contribution in [3.05, 3.63) is 33.5 Å². The first-order valence-electron chi connectivity index (χ1n) is 6.90. The molecule has 114 valence electrons. The van der Waals surface area contributed by atoms with Gasteiger partial charge in [0.2, 0.25) is 6.79 Å². The number of carbonyl (C=O) groups excluding carboxylic acids is 1. The molecule has 3 heterocycles. The van der Waals surface area contributed by atoms with Crippen molar-refractivity contribution in [2.24, 2.45) is 0 Å². The molecule has 7 heteroatoms. The lowest BCUT2D eigenvalue weighted by Crippen LogP contribution is -2.11. The molecule has 0 fully saturated rings. The molecule has 1 aromatic heterocycles. The quantitative estimate of drug-likeness (QED) is 0.831. The van der Waals surface area contributed by atoms with Crippen LogP contribution in [0.15, 0.2) is 18.2 Å². The second-order valence-electron chi connectivity index (χ2n) is 5.11. The molecule has 0 aliphatic carbocycles. The van der Waals surface area contributed by atoms with Crippen molar-refractivity contribution in [2.75, 3.05) is 24.5 Å². The summed E-state index contributed by atoms with van der Waals surface area (Å²) in [5.41, 5.74) is 8.02. The number of rotatable bonds is 2. The second-order valence-corrected chi connectivity index (χ2v) is 6.25. The highest BCUT2D eigenvalue weighted by Crippen LogP contribution is 2.38. The van der Waals surface area contributed by atoms with Gasteiger partial charge < -0.3 is 25.3 Å². The predicted octanol–water partition coefficient (Wildman–Crippen LogP) is 2.38. The van der Waals surface area contributed by atoms with Crippen molar-refractivity contribution < 1.29 is 19.0 Å². The van der Waals surface area contributed by atoms with E-state index < -0.39 is 0 Å². The van der Waals surface area contributed by atoms with Gasteiger partial charge in [0.15, 0.2) is 11.5 Å². The Morgan fingerprint density at radius 2 is 2.05 bits per heavy atom. The summed E-state index contributed by atoms with van der Waals surface area (Å²) < 4.78 is 16.0. The molecule has 2 aromatic rings. The monoisotopic (exact) mass is 318 g/mol. The van der Waals surface area contributed by atoms with Crippen molar-refractivity contribution in [2.45, 2.75) is 13.0 Å². The normalized spacial score (nSPS) is 15.5. The summed E-state index contributed by atoms with van der Waals surface area (Å²) in [7, 11) is 0. The zero-order valence-corrected chi connectivity index (χ0v) is 12.5. The van der Waals surface area contributed by atoms with Crippen LogP contribution in [-0.2, 0) is 17.8 Å². The van der Waals surface area contributed by atoms with Gasteiger partial charge in [-0.25, -0.2) is 0 Å². The maximum absolute atomic E-state index is 12.4. The Hall–Kier alpha value is -2.25. The molecular weight excluding hydrogens is 304 g/mol. The van der Waals surface area contributed by atoms with Crippen LogP contribution in [0.3, 0.4) is 0 Å². The van der Waals surface area contributed by atoms with E-state index in [0.29, 0.717) is 41.0 Å². The van der Waals surface area contributed by atoms with Gasteiger partial charge in [0.1, 0.15) is 0 Å². The molecule has 0 saturated carbocycles. The maximum atomic E-state index is 12.4. The fourth-order valence-electron chi connectivity index (χ4n) is 2.51. The number of nitrogen functional groups attached to an aromatic ring is 1. The van der Waals surface area contributed by atoms with Crippen molar-refractivity contribution in [3.8, 4) is 11.5 Å². The van der Waals surface area contributed by atoms with E-state index in [1.54, 1.807) is 12.1 Å². The molecule has 6 nitrogen and oxygen atoms in total. The van der Waals surface area contributed by atoms with Crippen molar-refractivity contribution >= 4 is 28.6 Å². The number of nitrogens with two attached hydrogens (primary N) is 1.